The zero-order valence-corrected chi connectivity index (χ0v) is 30.8. The quantitative estimate of drug-likeness (QED) is 0.0852. The normalized spacial score (nSPS) is 15.3. The molecule has 15 heteroatoms. The van der Waals surface area contributed by atoms with Crippen molar-refractivity contribution in [2.45, 2.75) is 51.7 Å². The van der Waals surface area contributed by atoms with Crippen molar-refractivity contribution in [3.8, 4) is 63.3 Å². The number of nitro benzene ring substituents is 1. The molecule has 4 aromatic carbocycles. The fourth-order valence-corrected chi connectivity index (χ4v) is 7.16. The van der Waals surface area contributed by atoms with E-state index in [4.69, 9.17) is 23.6 Å². The highest BCUT2D eigenvalue weighted by atomic mass is 16.6. The van der Waals surface area contributed by atoms with Gasteiger partial charge in [-0.2, -0.15) is 15.2 Å². The molecule has 0 amide bonds. The third-order valence-electron chi connectivity index (χ3n) is 9.70. The average molecular weight is 758 g/mol. The van der Waals surface area contributed by atoms with Gasteiger partial charge in [0.2, 0.25) is 11.6 Å². The topological polar surface area (TPSA) is 216 Å². The highest BCUT2D eigenvalue weighted by molar-refractivity contribution is 5.69. The summed E-state index contributed by atoms with van der Waals surface area (Å²) in [5.41, 5.74) is 7.48. The molecule has 0 radical (unpaired) electrons. The van der Waals surface area contributed by atoms with Crippen LogP contribution in [0.1, 0.15) is 66.7 Å². The zero-order chi connectivity index (χ0) is 39.2. The molecule has 0 aliphatic heterocycles. The molecule has 2 unspecified atom stereocenters. The number of fused-ring (bicyclic) bond motifs is 2. The van der Waals surface area contributed by atoms with E-state index in [9.17, 15) is 20.5 Å². The smallest absolute Gasteiger partial charge is 0.311 e. The van der Waals surface area contributed by atoms with Gasteiger partial charge in [0.25, 0.3) is 11.8 Å². The Balaban J connectivity index is 0.000000172. The maximum Gasteiger partial charge on any atom is 0.311 e. The molecule has 286 valence electrons. The van der Waals surface area contributed by atoms with Crippen molar-refractivity contribution in [2.24, 2.45) is 0 Å². The minimum absolute atomic E-state index is 0.118. The SMILES string of the molecule is CCOc1ccc(-c2nc(-c3cccc4c3CCC4NCCO)no2)cc1C#N.CCOc1ccc(-c2nc(-c3cccc4c3CCC4O)no2)cc1[N+](=O)[O-]. The Kier molecular flexibility index (Phi) is 11.4. The highest BCUT2D eigenvalue weighted by Gasteiger charge is 2.27. The van der Waals surface area contributed by atoms with Crippen molar-refractivity contribution < 1.29 is 33.7 Å². The van der Waals surface area contributed by atoms with E-state index in [0.29, 0.717) is 66.2 Å². The Morgan fingerprint density at radius 2 is 1.45 bits per heavy atom. The molecule has 2 aliphatic rings. The minimum Gasteiger partial charge on any atom is -0.492 e. The molecule has 56 heavy (non-hydrogen) atoms. The number of nitrogens with one attached hydrogen (secondary N) is 1. The van der Waals surface area contributed by atoms with Crippen molar-refractivity contribution in [3.05, 3.63) is 111 Å². The third-order valence-corrected chi connectivity index (χ3v) is 9.70. The first kappa shape index (κ1) is 37.8. The number of rotatable bonds is 12. The van der Waals surface area contributed by atoms with E-state index >= 15 is 0 Å². The van der Waals surface area contributed by atoms with Crippen molar-refractivity contribution >= 4 is 5.69 Å². The summed E-state index contributed by atoms with van der Waals surface area (Å²) in [5, 5.41) is 51.4. The van der Waals surface area contributed by atoms with E-state index < -0.39 is 11.0 Å². The molecule has 2 aromatic heterocycles. The van der Waals surface area contributed by atoms with Crippen LogP contribution < -0.4 is 14.8 Å². The predicted molar refractivity (Wildman–Crippen MR) is 203 cm³/mol. The lowest BCUT2D eigenvalue weighted by molar-refractivity contribution is -0.385. The second kappa shape index (κ2) is 16.9. The Hall–Kier alpha value is -6.47. The summed E-state index contributed by atoms with van der Waals surface area (Å²) in [4.78, 5) is 19.8. The number of aliphatic hydroxyl groups excluding tert-OH is 2. The summed E-state index contributed by atoms with van der Waals surface area (Å²) in [6.45, 7) is 5.15. The lowest BCUT2D eigenvalue weighted by atomic mass is 10.0. The van der Waals surface area contributed by atoms with Gasteiger partial charge in [0.05, 0.1) is 36.4 Å². The van der Waals surface area contributed by atoms with Gasteiger partial charge in [-0.25, -0.2) is 0 Å². The van der Waals surface area contributed by atoms with Crippen LogP contribution in [0.3, 0.4) is 0 Å². The van der Waals surface area contributed by atoms with E-state index in [2.05, 4.69) is 37.7 Å². The number of aliphatic hydroxyl groups is 2. The molecule has 2 aliphatic carbocycles. The minimum atomic E-state index is -0.503. The standard InChI is InChI=1S/C22H22N4O3.C19H17N3O5/c1-2-28-20-9-6-14(12-15(20)13-23)22-25-21(26-29-22)18-5-3-4-17-16(18)7-8-19(17)24-10-11-27;1-2-26-17-9-6-11(10-15(17)22(24)25)19-20-18(21-27-19)14-5-3-4-13-12(14)7-8-16(13)23/h3-6,9,12,19,24,27H,2,7-8,10-11H2,1H3;3-6,9-10,16,23H,2,7-8H2,1H3. The van der Waals surface area contributed by atoms with Crippen LogP contribution in [0.4, 0.5) is 5.69 Å². The van der Waals surface area contributed by atoms with Crippen molar-refractivity contribution in [2.75, 3.05) is 26.4 Å². The van der Waals surface area contributed by atoms with Gasteiger partial charge in [-0.1, -0.05) is 46.7 Å². The van der Waals surface area contributed by atoms with Gasteiger partial charge in [-0.05, 0) is 92.1 Å². The predicted octanol–water partition coefficient (Wildman–Crippen LogP) is 6.93. The number of benzene rings is 4. The maximum atomic E-state index is 11.3. The molecule has 15 nitrogen and oxygen atoms in total. The molecule has 2 atom stereocenters. The number of hydrogen-bond acceptors (Lipinski definition) is 14. The highest BCUT2D eigenvalue weighted by Crippen LogP contribution is 2.39. The maximum absolute atomic E-state index is 11.3. The molecule has 3 N–H and O–H groups in total. The summed E-state index contributed by atoms with van der Waals surface area (Å²) in [7, 11) is 0. The van der Waals surface area contributed by atoms with Gasteiger partial charge >= 0.3 is 5.69 Å². The molecule has 2 heterocycles. The van der Waals surface area contributed by atoms with Crippen LogP contribution in [0, 0.1) is 21.4 Å². The molecular formula is C41H39N7O8. The van der Waals surface area contributed by atoms with Crippen LogP contribution in [-0.4, -0.2) is 61.8 Å². The molecule has 0 saturated heterocycles. The largest absolute Gasteiger partial charge is 0.492 e. The first-order chi connectivity index (χ1) is 27.3. The average Bonchev–Trinajstić information content (AvgIpc) is 4.05. The Morgan fingerprint density at radius 1 is 0.857 bits per heavy atom. The van der Waals surface area contributed by atoms with E-state index in [1.807, 2.05) is 43.3 Å². The lowest BCUT2D eigenvalue weighted by Crippen LogP contribution is -2.22. The van der Waals surface area contributed by atoms with Crippen LogP contribution >= 0.6 is 0 Å². The Morgan fingerprint density at radius 3 is 2.07 bits per heavy atom. The number of nitro groups is 1. The van der Waals surface area contributed by atoms with Crippen LogP contribution in [0.5, 0.6) is 11.5 Å². The van der Waals surface area contributed by atoms with Crippen LogP contribution in [0.15, 0.2) is 81.8 Å². The van der Waals surface area contributed by atoms with E-state index in [1.54, 1.807) is 25.1 Å². The Labute approximate surface area is 321 Å². The van der Waals surface area contributed by atoms with Crippen molar-refractivity contribution in [1.82, 2.24) is 25.6 Å². The number of aromatic nitrogens is 4. The van der Waals surface area contributed by atoms with Gasteiger partial charge in [0, 0.05) is 40.9 Å². The first-order valence-corrected chi connectivity index (χ1v) is 18.4. The number of hydrogen-bond donors (Lipinski definition) is 3. The monoisotopic (exact) mass is 757 g/mol. The van der Waals surface area contributed by atoms with Crippen molar-refractivity contribution in [3.63, 3.8) is 0 Å². The van der Waals surface area contributed by atoms with E-state index in [1.165, 1.54) is 23.3 Å². The first-order valence-electron chi connectivity index (χ1n) is 18.4. The summed E-state index contributed by atoms with van der Waals surface area (Å²) in [6.07, 6.45) is 2.83. The van der Waals surface area contributed by atoms with Gasteiger partial charge in [0.1, 0.15) is 11.8 Å². The van der Waals surface area contributed by atoms with Crippen LogP contribution in [-0.2, 0) is 12.8 Å². The van der Waals surface area contributed by atoms with E-state index in [-0.39, 0.29) is 30.0 Å². The molecule has 0 fully saturated rings. The number of nitriles is 1. The summed E-state index contributed by atoms with van der Waals surface area (Å²) >= 11 is 0. The van der Waals surface area contributed by atoms with Gasteiger partial charge in [-0.15, -0.1) is 0 Å². The Bertz CT molecular complexity index is 2400. The third kappa shape index (κ3) is 7.71. The fraction of sp³-hybridized carbons (Fsp3) is 0.293. The molecular weight excluding hydrogens is 718 g/mol. The second-order valence-corrected chi connectivity index (χ2v) is 13.0. The van der Waals surface area contributed by atoms with Crippen LogP contribution in [0.25, 0.3) is 45.7 Å². The lowest BCUT2D eigenvalue weighted by Gasteiger charge is -2.13. The molecule has 0 bridgehead atoms. The van der Waals surface area contributed by atoms with Crippen molar-refractivity contribution in [1.29, 1.82) is 5.26 Å². The molecule has 0 spiro atoms. The summed E-state index contributed by atoms with van der Waals surface area (Å²) in [5.74, 6) is 2.22. The number of ether oxygens (including phenoxy) is 2. The van der Waals surface area contributed by atoms with Crippen LogP contribution in [0.2, 0.25) is 0 Å². The second-order valence-electron chi connectivity index (χ2n) is 13.0. The summed E-state index contributed by atoms with van der Waals surface area (Å²) < 4.78 is 21.6. The van der Waals surface area contributed by atoms with Gasteiger partial charge < -0.3 is 34.0 Å². The summed E-state index contributed by atoms with van der Waals surface area (Å²) in [6, 6.07) is 23.9. The molecule has 6 aromatic rings. The fourth-order valence-electron chi connectivity index (χ4n) is 7.16. The zero-order valence-electron chi connectivity index (χ0n) is 30.8. The molecule has 8 rings (SSSR count). The molecule has 0 saturated carbocycles. The van der Waals surface area contributed by atoms with Gasteiger partial charge in [0.15, 0.2) is 5.75 Å². The number of nitrogens with zero attached hydrogens (tertiary/aromatic N) is 6. The van der Waals surface area contributed by atoms with Gasteiger partial charge in [-0.3, -0.25) is 10.1 Å². The van der Waals surface area contributed by atoms with E-state index in [0.717, 1.165) is 41.5 Å².